The lowest BCUT2D eigenvalue weighted by Gasteiger charge is -2.15. The molecule has 0 unspecified atom stereocenters. The molecule has 5 nitrogen and oxygen atoms in total. The van der Waals surface area contributed by atoms with Gasteiger partial charge in [-0.3, -0.25) is 9.59 Å². The van der Waals surface area contributed by atoms with Gasteiger partial charge >= 0.3 is 0 Å². The molecule has 0 fully saturated rings. The number of primary amides is 1. The Morgan fingerprint density at radius 2 is 2.00 bits per heavy atom. The number of hydrogen-bond acceptors (Lipinski definition) is 3. The number of hydrogen-bond donors (Lipinski definition) is 2. The van der Waals surface area contributed by atoms with Crippen LogP contribution in [0.1, 0.15) is 5.56 Å². The van der Waals surface area contributed by atoms with E-state index in [1.54, 1.807) is 0 Å². The standard InChI is InChI=1S/C12H15BrN2O3/c1-18-7-11(16)15-10(12(14)17)6-8-2-4-9(13)5-3-8/h2-5,10H,6-7H2,1H3,(H2,14,17)(H,15,16)/t10-/m1/s1. The van der Waals surface area contributed by atoms with Crippen LogP contribution in [-0.2, 0) is 20.7 Å². The van der Waals surface area contributed by atoms with Crippen LogP contribution in [0.4, 0.5) is 0 Å². The first kappa shape index (κ1) is 14.7. The number of methoxy groups -OCH3 is 1. The van der Waals surface area contributed by atoms with E-state index in [0.717, 1.165) is 10.0 Å². The molecule has 0 saturated carbocycles. The van der Waals surface area contributed by atoms with Crippen LogP contribution in [0.3, 0.4) is 0 Å². The first-order valence-electron chi connectivity index (χ1n) is 5.35. The molecular formula is C12H15BrN2O3. The fourth-order valence-corrected chi connectivity index (χ4v) is 1.71. The van der Waals surface area contributed by atoms with Crippen LogP contribution in [0.5, 0.6) is 0 Å². The molecule has 3 N–H and O–H groups in total. The number of halogens is 1. The van der Waals surface area contributed by atoms with E-state index < -0.39 is 11.9 Å². The van der Waals surface area contributed by atoms with Crippen LogP contribution >= 0.6 is 15.9 Å². The van der Waals surface area contributed by atoms with Crippen molar-refractivity contribution in [2.75, 3.05) is 13.7 Å². The molecule has 1 rings (SSSR count). The van der Waals surface area contributed by atoms with Gasteiger partial charge in [-0.1, -0.05) is 28.1 Å². The van der Waals surface area contributed by atoms with Crippen molar-refractivity contribution in [1.82, 2.24) is 5.32 Å². The smallest absolute Gasteiger partial charge is 0.246 e. The van der Waals surface area contributed by atoms with Crippen molar-refractivity contribution in [3.05, 3.63) is 34.3 Å². The van der Waals surface area contributed by atoms with E-state index in [9.17, 15) is 9.59 Å². The van der Waals surface area contributed by atoms with E-state index in [1.165, 1.54) is 7.11 Å². The second kappa shape index (κ2) is 7.13. The first-order valence-corrected chi connectivity index (χ1v) is 6.14. The van der Waals surface area contributed by atoms with E-state index in [0.29, 0.717) is 6.42 Å². The van der Waals surface area contributed by atoms with Crippen LogP contribution in [0.15, 0.2) is 28.7 Å². The normalized spacial score (nSPS) is 11.9. The average Bonchev–Trinajstić information content (AvgIpc) is 2.31. The number of carbonyl (C=O) groups excluding carboxylic acids is 2. The molecule has 0 spiro atoms. The van der Waals surface area contributed by atoms with E-state index in [1.807, 2.05) is 24.3 Å². The number of carbonyl (C=O) groups is 2. The lowest BCUT2D eigenvalue weighted by molar-refractivity contribution is -0.129. The Bertz CT molecular complexity index is 420. The van der Waals surface area contributed by atoms with Crippen LogP contribution in [0, 0.1) is 0 Å². The van der Waals surface area contributed by atoms with Gasteiger partial charge < -0.3 is 15.8 Å². The fraction of sp³-hybridized carbons (Fsp3) is 0.333. The third-order valence-corrected chi connectivity index (χ3v) is 2.84. The molecule has 0 bridgehead atoms. The van der Waals surface area contributed by atoms with Crippen molar-refractivity contribution in [3.63, 3.8) is 0 Å². The van der Waals surface area contributed by atoms with Crippen LogP contribution in [-0.4, -0.2) is 31.6 Å². The third kappa shape index (κ3) is 4.85. The molecule has 98 valence electrons. The summed E-state index contributed by atoms with van der Waals surface area (Å²) in [6.45, 7) is -0.0931. The molecule has 0 aliphatic heterocycles. The minimum absolute atomic E-state index is 0.0931. The molecule has 0 aliphatic rings. The summed E-state index contributed by atoms with van der Waals surface area (Å²) in [6, 6.07) is 6.73. The Morgan fingerprint density at radius 1 is 1.39 bits per heavy atom. The first-order chi connectivity index (χ1) is 8.52. The summed E-state index contributed by atoms with van der Waals surface area (Å²) in [5.74, 6) is -0.930. The molecule has 6 heteroatoms. The van der Waals surface area contributed by atoms with Crippen molar-refractivity contribution in [3.8, 4) is 0 Å². The summed E-state index contributed by atoms with van der Waals surface area (Å²) >= 11 is 3.32. The molecule has 0 aromatic heterocycles. The number of rotatable bonds is 6. The molecule has 0 radical (unpaired) electrons. The van der Waals surface area contributed by atoms with E-state index in [2.05, 4.69) is 26.0 Å². The zero-order chi connectivity index (χ0) is 13.5. The highest BCUT2D eigenvalue weighted by Crippen LogP contribution is 2.11. The maximum Gasteiger partial charge on any atom is 0.246 e. The van der Waals surface area contributed by atoms with Gasteiger partial charge in [-0.15, -0.1) is 0 Å². The lowest BCUT2D eigenvalue weighted by Crippen LogP contribution is -2.46. The van der Waals surface area contributed by atoms with E-state index in [4.69, 9.17) is 5.73 Å². The summed E-state index contributed by atoms with van der Waals surface area (Å²) in [5.41, 5.74) is 6.17. The Balaban J connectivity index is 2.65. The number of nitrogens with two attached hydrogens (primary N) is 1. The monoisotopic (exact) mass is 314 g/mol. The third-order valence-electron chi connectivity index (χ3n) is 2.31. The zero-order valence-corrected chi connectivity index (χ0v) is 11.6. The van der Waals surface area contributed by atoms with Gasteiger partial charge in [0.25, 0.3) is 0 Å². The maximum atomic E-state index is 11.4. The number of nitrogens with one attached hydrogen (secondary N) is 1. The van der Waals surface area contributed by atoms with Crippen LogP contribution in [0.25, 0.3) is 0 Å². The second-order valence-electron chi connectivity index (χ2n) is 3.79. The zero-order valence-electron chi connectivity index (χ0n) is 9.98. The van der Waals surface area contributed by atoms with Gasteiger partial charge in [0.1, 0.15) is 12.6 Å². The summed E-state index contributed by atoms with van der Waals surface area (Å²) in [4.78, 5) is 22.6. The molecule has 18 heavy (non-hydrogen) atoms. The number of amides is 2. The van der Waals surface area contributed by atoms with Gasteiger partial charge in [0.05, 0.1) is 0 Å². The van der Waals surface area contributed by atoms with Crippen LogP contribution < -0.4 is 11.1 Å². The van der Waals surface area contributed by atoms with Crippen molar-refractivity contribution in [2.24, 2.45) is 5.73 Å². The van der Waals surface area contributed by atoms with Gasteiger partial charge in [0, 0.05) is 18.0 Å². The van der Waals surface area contributed by atoms with Crippen molar-refractivity contribution < 1.29 is 14.3 Å². The van der Waals surface area contributed by atoms with E-state index in [-0.39, 0.29) is 12.5 Å². The van der Waals surface area contributed by atoms with Gasteiger partial charge in [0.15, 0.2) is 0 Å². The SMILES string of the molecule is COCC(=O)N[C@H](Cc1ccc(Br)cc1)C(N)=O. The van der Waals surface area contributed by atoms with Gasteiger partial charge in [0.2, 0.25) is 11.8 Å². The summed E-state index contributed by atoms with van der Waals surface area (Å²) in [7, 11) is 1.41. The maximum absolute atomic E-state index is 11.4. The predicted octanol–water partition coefficient (Wildman–Crippen LogP) is 0.608. The number of ether oxygens (including phenoxy) is 1. The van der Waals surface area contributed by atoms with Crippen molar-refractivity contribution >= 4 is 27.7 Å². The minimum Gasteiger partial charge on any atom is -0.375 e. The average molecular weight is 315 g/mol. The highest BCUT2D eigenvalue weighted by Gasteiger charge is 2.18. The molecule has 1 aromatic carbocycles. The molecular weight excluding hydrogens is 300 g/mol. The Labute approximate surface area is 114 Å². The van der Waals surface area contributed by atoms with E-state index >= 15 is 0 Å². The Morgan fingerprint density at radius 3 is 2.50 bits per heavy atom. The molecule has 0 heterocycles. The summed E-state index contributed by atoms with van der Waals surface area (Å²) in [6.07, 6.45) is 0.359. The molecule has 0 saturated heterocycles. The molecule has 2 amide bonds. The predicted molar refractivity (Wildman–Crippen MR) is 70.8 cm³/mol. The highest BCUT2D eigenvalue weighted by atomic mass is 79.9. The lowest BCUT2D eigenvalue weighted by atomic mass is 10.1. The van der Waals surface area contributed by atoms with Gasteiger partial charge in [-0.05, 0) is 17.7 Å². The van der Waals surface area contributed by atoms with Gasteiger partial charge in [-0.2, -0.15) is 0 Å². The Hall–Kier alpha value is -1.40. The summed E-state index contributed by atoms with van der Waals surface area (Å²) < 4.78 is 5.63. The topological polar surface area (TPSA) is 81.4 Å². The highest BCUT2D eigenvalue weighted by molar-refractivity contribution is 9.10. The van der Waals surface area contributed by atoms with Crippen LogP contribution in [0.2, 0.25) is 0 Å². The fourth-order valence-electron chi connectivity index (χ4n) is 1.45. The van der Waals surface area contributed by atoms with Gasteiger partial charge in [-0.25, -0.2) is 0 Å². The molecule has 1 atom stereocenters. The quantitative estimate of drug-likeness (QED) is 0.807. The molecule has 0 aliphatic carbocycles. The second-order valence-corrected chi connectivity index (χ2v) is 4.70. The summed E-state index contributed by atoms with van der Waals surface area (Å²) in [5, 5.41) is 2.53. The number of benzene rings is 1. The van der Waals surface area contributed by atoms with Crippen molar-refractivity contribution in [2.45, 2.75) is 12.5 Å². The largest absolute Gasteiger partial charge is 0.375 e. The Kier molecular flexibility index (Phi) is 5.80. The minimum atomic E-state index is -0.728. The molecule has 1 aromatic rings. The van der Waals surface area contributed by atoms with Crippen molar-refractivity contribution in [1.29, 1.82) is 0 Å².